The molecule has 0 bridgehead atoms. The zero-order valence-electron chi connectivity index (χ0n) is 11.2. The van der Waals surface area contributed by atoms with E-state index in [9.17, 15) is 0 Å². The monoisotopic (exact) mass is 236 g/mol. The smallest absolute Gasteiger partial charge is 0.203 e. The average molecular weight is 236 g/mol. The van der Waals surface area contributed by atoms with Crippen molar-refractivity contribution in [1.29, 1.82) is 0 Å². The Hall–Kier alpha value is -1.03. The third kappa shape index (κ3) is 2.80. The molecule has 1 aliphatic rings. The van der Waals surface area contributed by atoms with Gasteiger partial charge in [0.1, 0.15) is 0 Å². The first-order valence-electron chi connectivity index (χ1n) is 6.73. The molecule has 96 valence electrons. The van der Waals surface area contributed by atoms with Crippen LogP contribution in [0.3, 0.4) is 0 Å². The number of aromatic nitrogens is 2. The molecule has 2 heterocycles. The van der Waals surface area contributed by atoms with Crippen LogP contribution in [0, 0.1) is 0 Å². The molecular weight excluding hydrogens is 212 g/mol. The van der Waals surface area contributed by atoms with E-state index in [1.807, 2.05) is 12.4 Å². The van der Waals surface area contributed by atoms with Gasteiger partial charge >= 0.3 is 0 Å². The molecule has 17 heavy (non-hydrogen) atoms. The van der Waals surface area contributed by atoms with Crippen LogP contribution in [-0.2, 0) is 0 Å². The number of likely N-dealkylation sites (tertiary alicyclic amines) is 1. The Morgan fingerprint density at radius 1 is 1.53 bits per heavy atom. The van der Waals surface area contributed by atoms with Gasteiger partial charge in [0.15, 0.2) is 0 Å². The molecule has 1 aromatic heterocycles. The second kappa shape index (κ2) is 5.54. The summed E-state index contributed by atoms with van der Waals surface area (Å²) in [5.74, 6) is 1.00. The van der Waals surface area contributed by atoms with Crippen molar-refractivity contribution < 1.29 is 0 Å². The Morgan fingerprint density at radius 2 is 2.35 bits per heavy atom. The number of likely N-dealkylation sites (N-methyl/N-ethyl adjacent to an activating group) is 1. The minimum Gasteiger partial charge on any atom is -0.354 e. The first-order chi connectivity index (χ1) is 8.22. The summed E-state index contributed by atoms with van der Waals surface area (Å²) in [5.41, 5.74) is 0. The van der Waals surface area contributed by atoms with E-state index < -0.39 is 0 Å². The zero-order valence-corrected chi connectivity index (χ0v) is 11.2. The van der Waals surface area contributed by atoms with Gasteiger partial charge in [-0.25, -0.2) is 4.98 Å². The van der Waals surface area contributed by atoms with Crippen LogP contribution in [0.15, 0.2) is 12.4 Å². The lowest BCUT2D eigenvalue weighted by Crippen LogP contribution is -2.35. The van der Waals surface area contributed by atoms with Gasteiger partial charge in [0.2, 0.25) is 5.95 Å². The lowest BCUT2D eigenvalue weighted by Gasteiger charge is -2.23. The minimum absolute atomic E-state index is 0.464. The van der Waals surface area contributed by atoms with Crippen LogP contribution in [0.5, 0.6) is 0 Å². The Bertz CT molecular complexity index is 345. The topological polar surface area (TPSA) is 33.1 Å². The third-order valence-electron chi connectivity index (χ3n) is 3.63. The van der Waals surface area contributed by atoms with Crippen molar-refractivity contribution in [3.63, 3.8) is 0 Å². The molecule has 4 heteroatoms. The van der Waals surface area contributed by atoms with Crippen LogP contribution in [0.4, 0.5) is 5.95 Å². The van der Waals surface area contributed by atoms with Gasteiger partial charge in [-0.3, -0.25) is 4.90 Å². The Kier molecular flexibility index (Phi) is 4.05. The molecule has 1 fully saturated rings. The highest BCUT2D eigenvalue weighted by molar-refractivity contribution is 5.27. The fourth-order valence-electron chi connectivity index (χ4n) is 2.62. The van der Waals surface area contributed by atoms with Crippen molar-refractivity contribution in [2.75, 3.05) is 25.0 Å². The first kappa shape index (κ1) is 12.4. The van der Waals surface area contributed by atoms with Gasteiger partial charge < -0.3 is 9.88 Å². The van der Waals surface area contributed by atoms with Crippen molar-refractivity contribution >= 4 is 5.95 Å². The molecule has 1 saturated heterocycles. The summed E-state index contributed by atoms with van der Waals surface area (Å²) in [4.78, 5) is 6.93. The van der Waals surface area contributed by atoms with Crippen LogP contribution in [-0.4, -0.2) is 40.1 Å². The fraction of sp³-hybridized carbons (Fsp3) is 0.769. The summed E-state index contributed by atoms with van der Waals surface area (Å²) in [6.45, 7) is 10.0. The third-order valence-corrected chi connectivity index (χ3v) is 3.63. The fourth-order valence-corrected chi connectivity index (χ4v) is 2.62. The van der Waals surface area contributed by atoms with Gasteiger partial charge in [-0.2, -0.15) is 0 Å². The molecule has 1 atom stereocenters. The van der Waals surface area contributed by atoms with Crippen LogP contribution in [0.25, 0.3) is 0 Å². The molecule has 0 saturated carbocycles. The molecule has 1 unspecified atom stereocenters. The average Bonchev–Trinajstić information content (AvgIpc) is 2.94. The molecular formula is C13H24N4. The summed E-state index contributed by atoms with van der Waals surface area (Å²) in [5, 5.41) is 3.49. The van der Waals surface area contributed by atoms with E-state index in [1.54, 1.807) is 0 Å². The molecule has 1 aliphatic heterocycles. The normalized spacial score (nSPS) is 21.3. The summed E-state index contributed by atoms with van der Waals surface area (Å²) in [6.07, 6.45) is 6.55. The first-order valence-corrected chi connectivity index (χ1v) is 6.73. The van der Waals surface area contributed by atoms with Crippen LogP contribution in [0.1, 0.15) is 39.7 Å². The number of hydrogen-bond donors (Lipinski definition) is 1. The Balaban J connectivity index is 1.91. The van der Waals surface area contributed by atoms with Gasteiger partial charge in [-0.05, 0) is 39.8 Å². The molecule has 0 aliphatic carbocycles. The van der Waals surface area contributed by atoms with Gasteiger partial charge in [-0.15, -0.1) is 0 Å². The molecule has 4 nitrogen and oxygen atoms in total. The highest BCUT2D eigenvalue weighted by Crippen LogP contribution is 2.18. The second-order valence-electron chi connectivity index (χ2n) is 5.06. The number of anilines is 1. The van der Waals surface area contributed by atoms with E-state index in [-0.39, 0.29) is 0 Å². The van der Waals surface area contributed by atoms with Crippen molar-refractivity contribution in [1.82, 2.24) is 14.5 Å². The maximum absolute atomic E-state index is 4.38. The molecule has 0 aromatic carbocycles. The van der Waals surface area contributed by atoms with Crippen LogP contribution in [0.2, 0.25) is 0 Å². The molecule has 2 rings (SSSR count). The SMILES string of the molecule is CCN1CCCC1CNc1nccn1C(C)C. The van der Waals surface area contributed by atoms with Crippen molar-refractivity contribution in [2.24, 2.45) is 0 Å². The van der Waals surface area contributed by atoms with Gasteiger partial charge in [0.25, 0.3) is 0 Å². The second-order valence-corrected chi connectivity index (χ2v) is 5.06. The molecule has 0 amide bonds. The highest BCUT2D eigenvalue weighted by Gasteiger charge is 2.22. The van der Waals surface area contributed by atoms with E-state index in [2.05, 4.69) is 40.5 Å². The largest absolute Gasteiger partial charge is 0.354 e. The highest BCUT2D eigenvalue weighted by atomic mass is 15.2. The summed E-state index contributed by atoms with van der Waals surface area (Å²) in [7, 11) is 0. The molecule has 1 N–H and O–H groups in total. The lowest BCUT2D eigenvalue weighted by atomic mass is 10.2. The number of nitrogens with one attached hydrogen (secondary N) is 1. The molecule has 1 aromatic rings. The predicted octanol–water partition coefficient (Wildman–Crippen LogP) is 2.36. The van der Waals surface area contributed by atoms with E-state index >= 15 is 0 Å². The Morgan fingerprint density at radius 3 is 3.06 bits per heavy atom. The van der Waals surface area contributed by atoms with E-state index in [0.29, 0.717) is 12.1 Å². The van der Waals surface area contributed by atoms with Crippen LogP contribution >= 0.6 is 0 Å². The van der Waals surface area contributed by atoms with Crippen molar-refractivity contribution in [2.45, 2.75) is 45.7 Å². The van der Waals surface area contributed by atoms with E-state index in [4.69, 9.17) is 0 Å². The van der Waals surface area contributed by atoms with Gasteiger partial charge in [-0.1, -0.05) is 6.92 Å². The van der Waals surface area contributed by atoms with Gasteiger partial charge in [0.05, 0.1) is 0 Å². The minimum atomic E-state index is 0.464. The summed E-state index contributed by atoms with van der Waals surface area (Å²) in [6, 6.07) is 1.14. The lowest BCUT2D eigenvalue weighted by molar-refractivity contribution is 0.276. The van der Waals surface area contributed by atoms with E-state index in [1.165, 1.54) is 19.4 Å². The Labute approximate surface area is 104 Å². The molecule has 0 spiro atoms. The maximum atomic E-state index is 4.38. The predicted molar refractivity (Wildman–Crippen MR) is 71.4 cm³/mol. The summed E-state index contributed by atoms with van der Waals surface area (Å²) >= 11 is 0. The standard InChI is InChI=1S/C13H24N4/c1-4-16-8-5-6-12(16)10-15-13-14-7-9-17(13)11(2)3/h7,9,11-12H,4-6,8,10H2,1-3H3,(H,14,15). The number of imidazole rings is 1. The van der Waals surface area contributed by atoms with Crippen molar-refractivity contribution in [3.05, 3.63) is 12.4 Å². The van der Waals surface area contributed by atoms with Crippen LogP contribution < -0.4 is 5.32 Å². The number of rotatable bonds is 5. The van der Waals surface area contributed by atoms with Crippen molar-refractivity contribution in [3.8, 4) is 0 Å². The molecule has 0 radical (unpaired) electrons. The number of nitrogens with zero attached hydrogens (tertiary/aromatic N) is 3. The number of hydrogen-bond acceptors (Lipinski definition) is 3. The maximum Gasteiger partial charge on any atom is 0.203 e. The quantitative estimate of drug-likeness (QED) is 0.852. The van der Waals surface area contributed by atoms with Gasteiger partial charge in [0, 0.05) is 31.0 Å². The van der Waals surface area contributed by atoms with E-state index in [0.717, 1.165) is 19.0 Å². The zero-order chi connectivity index (χ0) is 12.3. The summed E-state index contributed by atoms with van der Waals surface area (Å²) < 4.78 is 2.19.